The topological polar surface area (TPSA) is 12.0 Å². The van der Waals surface area contributed by atoms with E-state index in [9.17, 15) is 8.78 Å². The third kappa shape index (κ3) is 0.764. The smallest absolute Gasteiger partial charge is 0.241 e. The largest absolute Gasteiger partial charge is 0.311 e. The molecule has 0 aromatic carbocycles. The van der Waals surface area contributed by atoms with Crippen molar-refractivity contribution in [3.05, 3.63) is 0 Å². The molecular weight excluding hydrogens is 136 g/mol. The molecule has 2 fully saturated rings. The molecule has 1 aliphatic carbocycles. The number of rotatable bonds is 1. The van der Waals surface area contributed by atoms with E-state index < -0.39 is 6.43 Å². The Bertz CT molecular complexity index is 135. The molecular formula is C7H11F2N. The van der Waals surface area contributed by atoms with E-state index >= 15 is 0 Å². The zero-order chi connectivity index (χ0) is 7.19. The normalized spacial score (nSPS) is 45.3. The van der Waals surface area contributed by atoms with E-state index in [-0.39, 0.29) is 11.5 Å². The molecule has 3 heteroatoms. The molecule has 2 aliphatic rings. The van der Waals surface area contributed by atoms with Crippen molar-refractivity contribution in [3.8, 4) is 0 Å². The predicted molar refractivity (Wildman–Crippen MR) is 34.1 cm³/mol. The number of alkyl halides is 2. The second-order valence-electron chi connectivity index (χ2n) is 3.46. The van der Waals surface area contributed by atoms with E-state index in [1.165, 1.54) is 0 Å². The van der Waals surface area contributed by atoms with Gasteiger partial charge >= 0.3 is 0 Å². The van der Waals surface area contributed by atoms with Gasteiger partial charge in [-0.15, -0.1) is 0 Å². The van der Waals surface area contributed by atoms with Crippen LogP contribution in [0.15, 0.2) is 0 Å². The van der Waals surface area contributed by atoms with Crippen LogP contribution in [0.4, 0.5) is 8.78 Å². The van der Waals surface area contributed by atoms with E-state index in [4.69, 9.17) is 0 Å². The van der Waals surface area contributed by atoms with E-state index in [1.807, 2.05) is 0 Å². The fourth-order valence-electron chi connectivity index (χ4n) is 1.95. The van der Waals surface area contributed by atoms with Gasteiger partial charge in [0.15, 0.2) is 0 Å². The molecule has 1 heterocycles. The van der Waals surface area contributed by atoms with Crippen molar-refractivity contribution in [2.24, 2.45) is 5.92 Å². The van der Waals surface area contributed by atoms with Gasteiger partial charge in [-0.1, -0.05) is 0 Å². The summed E-state index contributed by atoms with van der Waals surface area (Å²) in [7, 11) is 0. The minimum absolute atomic E-state index is 0.168. The Morgan fingerprint density at radius 1 is 1.40 bits per heavy atom. The van der Waals surface area contributed by atoms with Crippen molar-refractivity contribution in [1.82, 2.24) is 5.32 Å². The summed E-state index contributed by atoms with van der Waals surface area (Å²) in [6.07, 6.45) is 0.416. The second kappa shape index (κ2) is 1.91. The van der Waals surface area contributed by atoms with Crippen LogP contribution in [0.3, 0.4) is 0 Å². The highest BCUT2D eigenvalue weighted by atomic mass is 19.3. The van der Waals surface area contributed by atoms with Crippen LogP contribution >= 0.6 is 0 Å². The first-order chi connectivity index (χ1) is 4.72. The van der Waals surface area contributed by atoms with Gasteiger partial charge in [0.1, 0.15) is 0 Å². The maximum absolute atomic E-state index is 12.0. The Morgan fingerprint density at radius 3 is 2.30 bits per heavy atom. The van der Waals surface area contributed by atoms with Gasteiger partial charge in [0, 0.05) is 11.5 Å². The molecule has 0 bridgehead atoms. The summed E-state index contributed by atoms with van der Waals surface area (Å²) in [6, 6.07) is 0. The van der Waals surface area contributed by atoms with Crippen LogP contribution in [-0.2, 0) is 0 Å². The van der Waals surface area contributed by atoms with Crippen molar-refractivity contribution in [3.63, 3.8) is 0 Å². The molecule has 1 nitrogen and oxygen atoms in total. The van der Waals surface area contributed by atoms with E-state index in [0.29, 0.717) is 12.8 Å². The molecule has 58 valence electrons. The molecule has 0 radical (unpaired) electrons. The van der Waals surface area contributed by atoms with Crippen molar-refractivity contribution in [2.45, 2.75) is 31.2 Å². The first-order valence-corrected chi connectivity index (χ1v) is 3.75. The standard InChI is InChI=1S/C7H11F2N/c8-6(9)5-3-7(4-5)1-2-10-7/h5-6,10H,1-4H2. The van der Waals surface area contributed by atoms with Gasteiger partial charge in [-0.25, -0.2) is 8.78 Å². The highest BCUT2D eigenvalue weighted by Crippen LogP contribution is 2.46. The van der Waals surface area contributed by atoms with Crippen LogP contribution in [0.2, 0.25) is 0 Å². The first kappa shape index (κ1) is 6.53. The molecule has 1 aliphatic heterocycles. The molecule has 1 N–H and O–H groups in total. The lowest BCUT2D eigenvalue weighted by Gasteiger charge is -2.54. The highest BCUT2D eigenvalue weighted by molar-refractivity contribution is 5.07. The number of hydrogen-bond acceptors (Lipinski definition) is 1. The first-order valence-electron chi connectivity index (χ1n) is 3.75. The molecule has 1 spiro atoms. The number of hydrogen-bond donors (Lipinski definition) is 1. The maximum Gasteiger partial charge on any atom is 0.241 e. The van der Waals surface area contributed by atoms with Gasteiger partial charge in [0.2, 0.25) is 6.43 Å². The summed E-state index contributed by atoms with van der Waals surface area (Å²) in [5, 5.41) is 3.21. The fraction of sp³-hybridized carbons (Fsp3) is 1.00. The van der Waals surface area contributed by atoms with E-state index in [1.54, 1.807) is 0 Å². The fourth-order valence-corrected chi connectivity index (χ4v) is 1.95. The van der Waals surface area contributed by atoms with Crippen molar-refractivity contribution in [1.29, 1.82) is 0 Å². The Balaban J connectivity index is 1.82. The Morgan fingerprint density at radius 2 is 2.00 bits per heavy atom. The van der Waals surface area contributed by atoms with Gasteiger partial charge < -0.3 is 5.32 Å². The minimum Gasteiger partial charge on any atom is -0.311 e. The predicted octanol–water partition coefficient (Wildman–Crippen LogP) is 1.39. The lowest BCUT2D eigenvalue weighted by molar-refractivity contribution is -0.0521. The Labute approximate surface area is 58.8 Å². The van der Waals surface area contributed by atoms with Crippen LogP contribution in [0, 0.1) is 5.92 Å². The lowest BCUT2D eigenvalue weighted by Crippen LogP contribution is -2.65. The van der Waals surface area contributed by atoms with Crippen LogP contribution in [0.25, 0.3) is 0 Å². The maximum atomic E-state index is 12.0. The van der Waals surface area contributed by atoms with Gasteiger partial charge in [0.05, 0.1) is 0 Å². The summed E-state index contributed by atoms with van der Waals surface area (Å²) >= 11 is 0. The molecule has 0 aromatic heterocycles. The van der Waals surface area contributed by atoms with Crippen molar-refractivity contribution < 1.29 is 8.78 Å². The molecule has 0 unspecified atom stereocenters. The third-order valence-electron chi connectivity index (χ3n) is 2.77. The van der Waals surface area contributed by atoms with Gasteiger partial charge in [0.25, 0.3) is 0 Å². The third-order valence-corrected chi connectivity index (χ3v) is 2.77. The summed E-state index contributed by atoms with van der Waals surface area (Å²) in [4.78, 5) is 0. The van der Waals surface area contributed by atoms with E-state index in [0.717, 1.165) is 13.0 Å². The number of halogens is 2. The lowest BCUT2D eigenvalue weighted by atomic mass is 9.63. The van der Waals surface area contributed by atoms with Crippen LogP contribution in [-0.4, -0.2) is 18.5 Å². The summed E-state index contributed by atoms with van der Waals surface area (Å²) in [5.41, 5.74) is 0.168. The Kier molecular flexibility index (Phi) is 1.24. The van der Waals surface area contributed by atoms with Crippen LogP contribution in [0.1, 0.15) is 19.3 Å². The molecule has 10 heavy (non-hydrogen) atoms. The van der Waals surface area contributed by atoms with Gasteiger partial charge in [-0.05, 0) is 25.8 Å². The van der Waals surface area contributed by atoms with Gasteiger partial charge in [-0.3, -0.25) is 0 Å². The summed E-state index contributed by atoms with van der Waals surface area (Å²) in [6.45, 7) is 1.02. The minimum atomic E-state index is -2.09. The average molecular weight is 147 g/mol. The van der Waals surface area contributed by atoms with E-state index in [2.05, 4.69) is 5.32 Å². The second-order valence-corrected chi connectivity index (χ2v) is 3.46. The molecule has 0 amide bonds. The summed E-state index contributed by atoms with van der Waals surface area (Å²) < 4.78 is 23.9. The average Bonchev–Trinajstić information content (AvgIpc) is 1.54. The molecule has 0 atom stereocenters. The van der Waals surface area contributed by atoms with Gasteiger partial charge in [-0.2, -0.15) is 0 Å². The Hall–Kier alpha value is -0.180. The van der Waals surface area contributed by atoms with Crippen molar-refractivity contribution in [2.75, 3.05) is 6.54 Å². The quantitative estimate of drug-likeness (QED) is 0.591. The molecule has 2 rings (SSSR count). The molecule has 1 saturated carbocycles. The summed E-state index contributed by atoms with van der Waals surface area (Å²) in [5.74, 6) is -0.312. The zero-order valence-electron chi connectivity index (χ0n) is 5.74. The monoisotopic (exact) mass is 147 g/mol. The van der Waals surface area contributed by atoms with Crippen LogP contribution < -0.4 is 5.32 Å². The van der Waals surface area contributed by atoms with Crippen molar-refractivity contribution >= 4 is 0 Å². The highest BCUT2D eigenvalue weighted by Gasteiger charge is 2.50. The van der Waals surface area contributed by atoms with Crippen LogP contribution in [0.5, 0.6) is 0 Å². The molecule has 1 saturated heterocycles. The SMILES string of the molecule is FC(F)C1CC2(CCN2)C1. The zero-order valence-corrected chi connectivity index (χ0v) is 5.74. The molecule has 0 aromatic rings. The number of nitrogens with one attached hydrogen (secondary N) is 1.